The topological polar surface area (TPSA) is 64.6 Å². The highest BCUT2D eigenvalue weighted by atomic mass is 35.5. The van der Waals surface area contributed by atoms with Crippen LogP contribution in [0.1, 0.15) is 31.2 Å². The minimum absolute atomic E-state index is 0.00443. The van der Waals surface area contributed by atoms with Gasteiger partial charge in [-0.25, -0.2) is 4.39 Å². The predicted molar refractivity (Wildman–Crippen MR) is 110 cm³/mol. The van der Waals surface area contributed by atoms with Crippen molar-refractivity contribution in [1.29, 1.82) is 0 Å². The number of carbonyl (C=O) groups is 2. The third kappa shape index (κ3) is 4.43. The zero-order valence-electron chi connectivity index (χ0n) is 16.7. The molecule has 0 spiro atoms. The Morgan fingerprint density at radius 1 is 1.03 bits per heavy atom. The van der Waals surface area contributed by atoms with E-state index in [-0.39, 0.29) is 46.6 Å². The molecule has 3 saturated carbocycles. The molecule has 0 aliphatic heterocycles. The van der Waals surface area contributed by atoms with Crippen LogP contribution in [0, 0.1) is 18.2 Å². The summed E-state index contributed by atoms with van der Waals surface area (Å²) in [4.78, 5) is 24.4. The molecular formula is C23H23ClFNO4. The molecule has 0 atom stereocenters. The van der Waals surface area contributed by atoms with Gasteiger partial charge in [0.15, 0.2) is 12.4 Å². The Labute approximate surface area is 179 Å². The molecule has 7 heteroatoms. The highest BCUT2D eigenvalue weighted by Crippen LogP contribution is 2.68. The predicted octanol–water partition coefficient (Wildman–Crippen LogP) is 4.24. The molecule has 0 saturated heterocycles. The lowest BCUT2D eigenvalue weighted by Crippen LogP contribution is -2.75. The Morgan fingerprint density at radius 3 is 2.33 bits per heavy atom. The zero-order valence-corrected chi connectivity index (χ0v) is 17.4. The molecule has 0 aromatic heterocycles. The van der Waals surface area contributed by atoms with E-state index in [4.69, 9.17) is 21.1 Å². The quantitative estimate of drug-likeness (QED) is 0.644. The molecule has 2 bridgehead atoms. The van der Waals surface area contributed by atoms with Crippen molar-refractivity contribution in [3.63, 3.8) is 0 Å². The van der Waals surface area contributed by atoms with Crippen LogP contribution < -0.4 is 14.8 Å². The number of rotatable bonds is 9. The fourth-order valence-electron chi connectivity index (χ4n) is 4.63. The first kappa shape index (κ1) is 20.7. The summed E-state index contributed by atoms with van der Waals surface area (Å²) >= 11 is 5.63. The van der Waals surface area contributed by atoms with Gasteiger partial charge in [-0.15, -0.1) is 0 Å². The second-order valence-electron chi connectivity index (χ2n) is 8.54. The van der Waals surface area contributed by atoms with Gasteiger partial charge in [0.25, 0.3) is 5.91 Å². The summed E-state index contributed by atoms with van der Waals surface area (Å²) in [5.74, 6) is 0.166. The average Bonchev–Trinajstić information content (AvgIpc) is 2.66. The summed E-state index contributed by atoms with van der Waals surface area (Å²) in [6.07, 6.45) is 2.84. The number of halogens is 2. The summed E-state index contributed by atoms with van der Waals surface area (Å²) in [6.45, 7) is 1.87. The average molecular weight is 432 g/mol. The minimum Gasteiger partial charge on any atom is -0.486 e. The van der Waals surface area contributed by atoms with Crippen LogP contribution >= 0.6 is 11.6 Å². The number of Topliss-reactive ketones (excluding diaryl/α,β-unsaturated/α-hetero) is 1. The molecule has 1 N–H and O–H groups in total. The lowest BCUT2D eigenvalue weighted by molar-refractivity contribution is -0.173. The van der Waals surface area contributed by atoms with Crippen LogP contribution in [0.25, 0.3) is 0 Å². The van der Waals surface area contributed by atoms with Crippen molar-refractivity contribution in [1.82, 2.24) is 5.32 Å². The molecule has 0 heterocycles. The molecule has 158 valence electrons. The number of amides is 1. The van der Waals surface area contributed by atoms with Gasteiger partial charge in [-0.05, 0) is 55.9 Å². The number of ether oxygens (including phenoxy) is 2. The van der Waals surface area contributed by atoms with Gasteiger partial charge in [0.2, 0.25) is 0 Å². The van der Waals surface area contributed by atoms with Crippen LogP contribution in [0.15, 0.2) is 42.5 Å². The Hall–Kier alpha value is -2.60. The van der Waals surface area contributed by atoms with Crippen molar-refractivity contribution in [2.75, 3.05) is 13.2 Å². The molecule has 2 aromatic rings. The van der Waals surface area contributed by atoms with E-state index in [2.05, 4.69) is 5.32 Å². The number of hydrogen-bond acceptors (Lipinski definition) is 4. The lowest BCUT2D eigenvalue weighted by Gasteiger charge is -2.70. The highest BCUT2D eigenvalue weighted by molar-refractivity contribution is 6.30. The van der Waals surface area contributed by atoms with Gasteiger partial charge in [0.05, 0.1) is 5.02 Å². The first-order valence-electron chi connectivity index (χ1n) is 9.87. The number of benzene rings is 2. The monoisotopic (exact) mass is 431 g/mol. The number of carbonyl (C=O) groups excluding carboxylic acids is 2. The van der Waals surface area contributed by atoms with Gasteiger partial charge < -0.3 is 14.8 Å². The Kier molecular flexibility index (Phi) is 5.45. The molecule has 1 amide bonds. The molecule has 3 fully saturated rings. The van der Waals surface area contributed by atoms with Gasteiger partial charge in [0, 0.05) is 18.0 Å². The minimum atomic E-state index is -0.591. The highest BCUT2D eigenvalue weighted by Gasteiger charge is 2.68. The van der Waals surface area contributed by atoms with E-state index in [1.807, 2.05) is 31.2 Å². The third-order valence-electron chi connectivity index (χ3n) is 5.80. The zero-order chi connectivity index (χ0) is 21.4. The standard InChI is InChI=1S/C23H23ClFNO4/c1-15-2-4-17(5-3-15)29-10-16(27)9-22-12-23(13-22,14-22)26-21(28)11-30-18-6-7-19(24)20(25)8-18/h2-8H,9-14H2,1H3,(H,26,28). The SMILES string of the molecule is Cc1ccc(OCC(=O)CC23CC(NC(=O)COc4ccc(Cl)c(F)c4)(C2)C3)cc1. The van der Waals surface area contributed by atoms with Crippen molar-refractivity contribution in [2.24, 2.45) is 5.41 Å². The second-order valence-corrected chi connectivity index (χ2v) is 8.95. The maximum atomic E-state index is 13.4. The summed E-state index contributed by atoms with van der Waals surface area (Å²) in [5.41, 5.74) is 0.894. The maximum Gasteiger partial charge on any atom is 0.258 e. The van der Waals surface area contributed by atoms with E-state index in [1.54, 1.807) is 0 Å². The first-order chi connectivity index (χ1) is 14.3. The Morgan fingerprint density at radius 2 is 1.67 bits per heavy atom. The van der Waals surface area contributed by atoms with Crippen LogP contribution in [0.2, 0.25) is 5.02 Å². The lowest BCUT2D eigenvalue weighted by atomic mass is 9.38. The van der Waals surface area contributed by atoms with E-state index >= 15 is 0 Å². The normalized spacial score (nSPS) is 23.7. The number of hydrogen-bond donors (Lipinski definition) is 1. The van der Waals surface area contributed by atoms with Crippen molar-refractivity contribution < 1.29 is 23.5 Å². The van der Waals surface area contributed by atoms with E-state index in [0.717, 1.165) is 30.9 Å². The fourth-order valence-corrected chi connectivity index (χ4v) is 4.75. The first-order valence-corrected chi connectivity index (χ1v) is 10.2. The van der Waals surface area contributed by atoms with E-state index < -0.39 is 5.82 Å². The van der Waals surface area contributed by atoms with Gasteiger partial charge in [-0.1, -0.05) is 29.3 Å². The van der Waals surface area contributed by atoms with Gasteiger partial charge >= 0.3 is 0 Å². The molecule has 5 rings (SSSR count). The Bertz CT molecular complexity index is 956. The van der Waals surface area contributed by atoms with Crippen LogP contribution in [-0.2, 0) is 9.59 Å². The van der Waals surface area contributed by atoms with Gasteiger partial charge in [0.1, 0.15) is 23.9 Å². The summed E-state index contributed by atoms with van der Waals surface area (Å²) < 4.78 is 24.3. The number of aryl methyl sites for hydroxylation is 1. The summed E-state index contributed by atoms with van der Waals surface area (Å²) in [5, 5.41) is 2.99. The van der Waals surface area contributed by atoms with Crippen LogP contribution in [0.3, 0.4) is 0 Å². The molecule has 0 unspecified atom stereocenters. The molecule has 3 aliphatic rings. The summed E-state index contributed by atoms with van der Waals surface area (Å²) in [7, 11) is 0. The largest absolute Gasteiger partial charge is 0.486 e. The van der Waals surface area contributed by atoms with Crippen molar-refractivity contribution in [2.45, 2.75) is 38.1 Å². The third-order valence-corrected chi connectivity index (χ3v) is 6.11. The molecular weight excluding hydrogens is 409 g/mol. The molecule has 0 radical (unpaired) electrons. The molecule has 5 nitrogen and oxygen atoms in total. The van der Waals surface area contributed by atoms with Crippen molar-refractivity contribution >= 4 is 23.3 Å². The van der Waals surface area contributed by atoms with E-state index in [1.165, 1.54) is 12.1 Å². The maximum absolute atomic E-state index is 13.4. The van der Waals surface area contributed by atoms with Crippen LogP contribution in [-0.4, -0.2) is 30.4 Å². The van der Waals surface area contributed by atoms with Crippen molar-refractivity contribution in [3.05, 3.63) is 58.9 Å². The molecule has 2 aromatic carbocycles. The molecule has 30 heavy (non-hydrogen) atoms. The number of nitrogens with one attached hydrogen (secondary N) is 1. The summed E-state index contributed by atoms with van der Waals surface area (Å²) in [6, 6.07) is 11.6. The van der Waals surface area contributed by atoms with Crippen LogP contribution in [0.5, 0.6) is 11.5 Å². The smallest absolute Gasteiger partial charge is 0.258 e. The van der Waals surface area contributed by atoms with Crippen molar-refractivity contribution in [3.8, 4) is 11.5 Å². The van der Waals surface area contributed by atoms with Gasteiger partial charge in [-0.2, -0.15) is 0 Å². The number of ketones is 1. The second kappa shape index (κ2) is 7.91. The molecule has 3 aliphatic carbocycles. The fraction of sp³-hybridized carbons (Fsp3) is 0.391. The van der Waals surface area contributed by atoms with Gasteiger partial charge in [-0.3, -0.25) is 9.59 Å². The van der Waals surface area contributed by atoms with E-state index in [9.17, 15) is 14.0 Å². The van der Waals surface area contributed by atoms with Crippen LogP contribution in [0.4, 0.5) is 4.39 Å². The Balaban J connectivity index is 1.17. The van der Waals surface area contributed by atoms with E-state index in [0.29, 0.717) is 12.2 Å².